The van der Waals surface area contributed by atoms with Gasteiger partial charge in [0.15, 0.2) is 11.3 Å². The average Bonchev–Trinajstić information content (AvgIpc) is 3.57. The SMILES string of the molecule is CN(C)C1CCN(C(=O)c2n[nH]c3c2CCN(C(=O)c2cccn4cnnc24)C3)C1.O=CO. The lowest BCUT2D eigenvalue weighted by atomic mass is 10.0. The number of nitrogens with zero attached hydrogens (tertiary/aromatic N) is 7. The molecule has 0 bridgehead atoms. The molecule has 2 aliphatic rings. The topological polar surface area (TPSA) is 140 Å². The van der Waals surface area contributed by atoms with Gasteiger partial charge in [-0.3, -0.25) is 23.9 Å². The summed E-state index contributed by atoms with van der Waals surface area (Å²) in [4.78, 5) is 40.3. The molecular weight excluding hydrogens is 428 g/mol. The van der Waals surface area contributed by atoms with Gasteiger partial charge >= 0.3 is 0 Å². The van der Waals surface area contributed by atoms with E-state index in [1.54, 1.807) is 21.7 Å². The molecule has 3 aromatic heterocycles. The lowest BCUT2D eigenvalue weighted by Gasteiger charge is -2.27. The first-order chi connectivity index (χ1) is 15.9. The van der Waals surface area contributed by atoms with Crippen molar-refractivity contribution in [2.75, 3.05) is 33.7 Å². The van der Waals surface area contributed by atoms with Crippen molar-refractivity contribution in [3.8, 4) is 0 Å². The predicted molar refractivity (Wildman–Crippen MR) is 117 cm³/mol. The number of likely N-dealkylation sites (tertiary alicyclic amines) is 1. The van der Waals surface area contributed by atoms with Crippen molar-refractivity contribution in [3.63, 3.8) is 0 Å². The van der Waals surface area contributed by atoms with Crippen LogP contribution in [0.25, 0.3) is 5.65 Å². The van der Waals surface area contributed by atoms with Crippen LogP contribution in [0.4, 0.5) is 0 Å². The maximum absolute atomic E-state index is 13.1. The summed E-state index contributed by atoms with van der Waals surface area (Å²) >= 11 is 0. The fourth-order valence-electron chi connectivity index (χ4n) is 4.35. The van der Waals surface area contributed by atoms with Crippen LogP contribution >= 0.6 is 0 Å². The number of pyridine rings is 1. The van der Waals surface area contributed by atoms with Gasteiger partial charge < -0.3 is 19.8 Å². The Morgan fingerprint density at radius 3 is 2.76 bits per heavy atom. The van der Waals surface area contributed by atoms with Gasteiger partial charge in [-0.1, -0.05) is 0 Å². The first kappa shape index (κ1) is 22.4. The minimum absolute atomic E-state index is 0.0233. The summed E-state index contributed by atoms with van der Waals surface area (Å²) in [5.41, 5.74) is 3.31. The second-order valence-corrected chi connectivity index (χ2v) is 8.25. The predicted octanol–water partition coefficient (Wildman–Crippen LogP) is 0.128. The number of nitrogens with one attached hydrogen (secondary N) is 1. The number of hydrogen-bond acceptors (Lipinski definition) is 7. The normalized spacial score (nSPS) is 17.6. The fourth-order valence-corrected chi connectivity index (χ4v) is 4.35. The molecule has 12 heteroatoms. The summed E-state index contributed by atoms with van der Waals surface area (Å²) in [7, 11) is 4.08. The Morgan fingerprint density at radius 2 is 2.03 bits per heavy atom. The number of rotatable bonds is 3. The van der Waals surface area contributed by atoms with E-state index in [9.17, 15) is 9.59 Å². The maximum Gasteiger partial charge on any atom is 0.290 e. The van der Waals surface area contributed by atoms with E-state index in [1.165, 1.54) is 0 Å². The monoisotopic (exact) mass is 454 g/mol. The van der Waals surface area contributed by atoms with E-state index in [-0.39, 0.29) is 18.3 Å². The lowest BCUT2D eigenvalue weighted by molar-refractivity contribution is -0.122. The number of fused-ring (bicyclic) bond motifs is 2. The molecule has 0 aromatic carbocycles. The number of H-pyrrole nitrogens is 1. The van der Waals surface area contributed by atoms with Gasteiger partial charge in [-0.2, -0.15) is 5.10 Å². The Bertz CT molecular complexity index is 1170. The van der Waals surface area contributed by atoms with Crippen molar-refractivity contribution >= 4 is 23.9 Å². The van der Waals surface area contributed by atoms with Gasteiger partial charge in [-0.25, -0.2) is 0 Å². The van der Waals surface area contributed by atoms with Crippen molar-refractivity contribution in [3.05, 3.63) is 47.2 Å². The van der Waals surface area contributed by atoms with Crippen LogP contribution in [0.1, 0.15) is 38.5 Å². The van der Waals surface area contributed by atoms with Gasteiger partial charge in [0, 0.05) is 37.4 Å². The molecule has 0 saturated carbocycles. The summed E-state index contributed by atoms with van der Waals surface area (Å²) in [6.45, 7) is 2.14. The minimum atomic E-state index is -0.250. The summed E-state index contributed by atoms with van der Waals surface area (Å²) in [6, 6.07) is 3.96. The van der Waals surface area contributed by atoms with Crippen molar-refractivity contribution in [1.82, 2.24) is 39.5 Å². The molecule has 1 saturated heterocycles. The van der Waals surface area contributed by atoms with Gasteiger partial charge in [0.05, 0.1) is 17.8 Å². The molecule has 174 valence electrons. The van der Waals surface area contributed by atoms with Crippen molar-refractivity contribution in [1.29, 1.82) is 0 Å². The standard InChI is InChI=1S/C20H24N8O2.CH2O2/c1-25(2)13-5-8-26(10-13)20(30)17-14-6-9-27(11-16(14)22-23-17)19(29)15-4-3-7-28-12-21-24-18(15)28;2-1-3/h3-4,7,12-13H,5-6,8-11H2,1-2H3,(H,22,23);1H,(H,2,3). The van der Waals surface area contributed by atoms with Crippen molar-refractivity contribution in [2.45, 2.75) is 25.4 Å². The van der Waals surface area contributed by atoms with Crippen LogP contribution in [0.15, 0.2) is 24.7 Å². The molecule has 12 nitrogen and oxygen atoms in total. The van der Waals surface area contributed by atoms with E-state index in [0.717, 1.165) is 30.8 Å². The third kappa shape index (κ3) is 4.29. The second-order valence-electron chi connectivity index (χ2n) is 8.25. The molecular formula is C21H26N8O4. The van der Waals surface area contributed by atoms with E-state index in [0.29, 0.717) is 42.5 Å². The fraction of sp³-hybridized carbons (Fsp3) is 0.429. The van der Waals surface area contributed by atoms with Gasteiger partial charge in [0.1, 0.15) is 6.33 Å². The molecule has 3 aromatic rings. The minimum Gasteiger partial charge on any atom is -0.483 e. The zero-order valence-corrected chi connectivity index (χ0v) is 18.5. The van der Waals surface area contributed by atoms with Gasteiger partial charge in [0.25, 0.3) is 18.3 Å². The number of aromatic amines is 1. The van der Waals surface area contributed by atoms with E-state index in [4.69, 9.17) is 9.90 Å². The van der Waals surface area contributed by atoms with E-state index in [1.807, 2.05) is 31.3 Å². The highest BCUT2D eigenvalue weighted by Gasteiger charge is 2.33. The number of hydrogen-bond donors (Lipinski definition) is 2. The molecule has 2 N–H and O–H groups in total. The highest BCUT2D eigenvalue weighted by molar-refractivity contribution is 6.00. The molecule has 2 amide bonds. The third-order valence-electron chi connectivity index (χ3n) is 6.16. The molecule has 1 fully saturated rings. The second kappa shape index (κ2) is 9.36. The quantitative estimate of drug-likeness (QED) is 0.532. The van der Waals surface area contributed by atoms with Crippen LogP contribution in [-0.4, -0.2) is 103 Å². The van der Waals surface area contributed by atoms with Crippen LogP contribution in [0.3, 0.4) is 0 Å². The Hall–Kier alpha value is -3.80. The number of carbonyl (C=O) groups is 3. The Morgan fingerprint density at radius 1 is 1.24 bits per heavy atom. The van der Waals surface area contributed by atoms with Gasteiger partial charge in [-0.05, 0) is 39.1 Å². The first-order valence-corrected chi connectivity index (χ1v) is 10.6. The molecule has 5 rings (SSSR count). The summed E-state index contributed by atoms with van der Waals surface area (Å²) in [5.74, 6) is -0.125. The van der Waals surface area contributed by atoms with E-state index in [2.05, 4.69) is 25.3 Å². The van der Waals surface area contributed by atoms with Crippen molar-refractivity contribution < 1.29 is 19.5 Å². The van der Waals surface area contributed by atoms with E-state index < -0.39 is 0 Å². The van der Waals surface area contributed by atoms with Crippen LogP contribution in [-0.2, 0) is 17.8 Å². The third-order valence-corrected chi connectivity index (χ3v) is 6.16. The van der Waals surface area contributed by atoms with Crippen LogP contribution in [0.5, 0.6) is 0 Å². The molecule has 1 atom stereocenters. The number of carbonyl (C=O) groups excluding carboxylic acids is 2. The Kier molecular flexibility index (Phi) is 6.36. The lowest BCUT2D eigenvalue weighted by Crippen LogP contribution is -2.37. The molecule has 5 heterocycles. The van der Waals surface area contributed by atoms with Crippen LogP contribution < -0.4 is 0 Å². The van der Waals surface area contributed by atoms with Crippen LogP contribution in [0.2, 0.25) is 0 Å². The molecule has 2 aliphatic heterocycles. The number of carboxylic acid groups (broad SMARTS) is 1. The number of aromatic nitrogens is 5. The van der Waals surface area contributed by atoms with E-state index >= 15 is 0 Å². The van der Waals surface area contributed by atoms with Crippen LogP contribution in [0, 0.1) is 0 Å². The maximum atomic E-state index is 13.1. The number of amides is 2. The molecule has 0 spiro atoms. The molecule has 33 heavy (non-hydrogen) atoms. The van der Waals surface area contributed by atoms with Gasteiger partial charge in [-0.15, -0.1) is 10.2 Å². The summed E-state index contributed by atoms with van der Waals surface area (Å²) in [5, 5.41) is 22.2. The number of likely N-dealkylation sites (N-methyl/N-ethyl adjacent to an activating group) is 1. The Labute approximate surface area is 189 Å². The highest BCUT2D eigenvalue weighted by Crippen LogP contribution is 2.25. The van der Waals surface area contributed by atoms with Crippen molar-refractivity contribution in [2.24, 2.45) is 0 Å². The summed E-state index contributed by atoms with van der Waals surface area (Å²) < 4.78 is 1.73. The zero-order valence-electron chi connectivity index (χ0n) is 18.5. The molecule has 0 aliphatic carbocycles. The molecule has 0 radical (unpaired) electrons. The smallest absolute Gasteiger partial charge is 0.290 e. The van der Waals surface area contributed by atoms with Gasteiger partial charge in [0.2, 0.25) is 0 Å². The molecule has 1 unspecified atom stereocenters. The highest BCUT2D eigenvalue weighted by atomic mass is 16.3. The Balaban J connectivity index is 0.000000821. The zero-order chi connectivity index (χ0) is 23.5. The average molecular weight is 454 g/mol. The largest absolute Gasteiger partial charge is 0.483 e. The first-order valence-electron chi connectivity index (χ1n) is 10.6. The summed E-state index contributed by atoms with van der Waals surface area (Å²) in [6.07, 6.45) is 4.96.